The Morgan fingerprint density at radius 2 is 1.87 bits per heavy atom. The van der Waals surface area contributed by atoms with Crippen molar-refractivity contribution in [2.24, 2.45) is 5.10 Å². The van der Waals surface area contributed by atoms with Crippen LogP contribution in [0.15, 0.2) is 59.7 Å². The molecule has 160 valence electrons. The van der Waals surface area contributed by atoms with E-state index in [1.165, 1.54) is 5.56 Å². The highest BCUT2D eigenvalue weighted by atomic mass is 32.2. The molecular weight excluding hydrogens is 420 g/mol. The van der Waals surface area contributed by atoms with Gasteiger partial charge in [0.1, 0.15) is 12.4 Å². The summed E-state index contributed by atoms with van der Waals surface area (Å²) in [5.41, 5.74) is 4.54. The number of esters is 1. The van der Waals surface area contributed by atoms with Gasteiger partial charge in [0.05, 0.1) is 11.5 Å². The van der Waals surface area contributed by atoms with Crippen molar-refractivity contribution in [1.82, 2.24) is 5.43 Å². The Bertz CT molecular complexity index is 814. The van der Waals surface area contributed by atoms with E-state index < -0.39 is 5.97 Å². The Morgan fingerprint density at radius 1 is 1.13 bits per heavy atom. The van der Waals surface area contributed by atoms with Gasteiger partial charge in [0, 0.05) is 11.5 Å². The lowest BCUT2D eigenvalue weighted by Crippen LogP contribution is -2.26. The molecule has 6 nitrogen and oxygen atoms in total. The normalized spacial score (nSPS) is 11.8. The standard InChI is InChI=1S/C22H26N2O4S2/c1-17(30-16-19-6-4-3-5-7-19)22(26)24-23-14-18-8-10-20(11-9-18)28-15-21(25)27-12-13-29-2/h3-11,14,17H,12-13,15-16H2,1-2H3,(H,24,26)/b23-14+. The largest absolute Gasteiger partial charge is 0.482 e. The van der Waals surface area contributed by atoms with Crippen molar-refractivity contribution in [2.45, 2.75) is 17.9 Å². The van der Waals surface area contributed by atoms with E-state index in [2.05, 4.69) is 10.5 Å². The molecule has 0 aliphatic carbocycles. The molecule has 0 saturated carbocycles. The quantitative estimate of drug-likeness (QED) is 0.232. The minimum absolute atomic E-state index is 0.129. The Labute approximate surface area is 185 Å². The molecule has 1 N–H and O–H groups in total. The van der Waals surface area contributed by atoms with Crippen LogP contribution in [0.5, 0.6) is 5.75 Å². The van der Waals surface area contributed by atoms with Gasteiger partial charge in [-0.1, -0.05) is 30.3 Å². The third kappa shape index (κ3) is 9.37. The lowest BCUT2D eigenvalue weighted by molar-refractivity contribution is -0.145. The molecule has 1 atom stereocenters. The van der Waals surface area contributed by atoms with Crippen LogP contribution in [0.25, 0.3) is 0 Å². The fraction of sp³-hybridized carbons (Fsp3) is 0.318. The van der Waals surface area contributed by atoms with E-state index in [0.29, 0.717) is 12.4 Å². The summed E-state index contributed by atoms with van der Waals surface area (Å²) in [6.07, 6.45) is 3.51. The molecule has 1 amide bonds. The molecule has 0 aromatic heterocycles. The lowest BCUT2D eigenvalue weighted by atomic mass is 10.2. The Morgan fingerprint density at radius 3 is 2.57 bits per heavy atom. The fourth-order valence-corrected chi connectivity index (χ4v) is 3.29. The van der Waals surface area contributed by atoms with E-state index in [1.807, 2.05) is 43.5 Å². The number of nitrogens with zero attached hydrogens (tertiary/aromatic N) is 1. The number of thioether (sulfide) groups is 2. The summed E-state index contributed by atoms with van der Waals surface area (Å²) < 4.78 is 10.4. The lowest BCUT2D eigenvalue weighted by Gasteiger charge is -2.09. The van der Waals surface area contributed by atoms with E-state index in [9.17, 15) is 9.59 Å². The number of benzene rings is 2. The fourth-order valence-electron chi connectivity index (χ4n) is 2.21. The van der Waals surface area contributed by atoms with E-state index in [-0.39, 0.29) is 17.8 Å². The zero-order chi connectivity index (χ0) is 21.6. The van der Waals surface area contributed by atoms with Gasteiger partial charge in [-0.25, -0.2) is 10.2 Å². The number of amides is 1. The van der Waals surface area contributed by atoms with Crippen molar-refractivity contribution < 1.29 is 19.1 Å². The van der Waals surface area contributed by atoms with Crippen LogP contribution in [0.2, 0.25) is 0 Å². The molecular formula is C22H26N2O4S2. The first-order chi connectivity index (χ1) is 14.6. The zero-order valence-corrected chi connectivity index (χ0v) is 18.7. The molecule has 0 bridgehead atoms. The molecule has 0 radical (unpaired) electrons. The maximum Gasteiger partial charge on any atom is 0.344 e. The van der Waals surface area contributed by atoms with E-state index >= 15 is 0 Å². The maximum atomic E-state index is 12.1. The summed E-state index contributed by atoms with van der Waals surface area (Å²) in [5.74, 6) is 1.56. The van der Waals surface area contributed by atoms with Crippen molar-refractivity contribution in [2.75, 3.05) is 25.2 Å². The average Bonchev–Trinajstić information content (AvgIpc) is 2.77. The van der Waals surface area contributed by atoms with E-state index in [1.54, 1.807) is 54.0 Å². The van der Waals surface area contributed by atoms with Gasteiger partial charge in [-0.2, -0.15) is 16.9 Å². The van der Waals surface area contributed by atoms with Crippen LogP contribution in [-0.2, 0) is 20.1 Å². The van der Waals surface area contributed by atoms with Crippen molar-refractivity contribution in [3.05, 3.63) is 65.7 Å². The summed E-state index contributed by atoms with van der Waals surface area (Å²) in [5, 5.41) is 3.79. The molecule has 0 heterocycles. The van der Waals surface area contributed by atoms with Crippen LogP contribution in [0, 0.1) is 0 Å². The summed E-state index contributed by atoms with van der Waals surface area (Å²) in [6, 6.07) is 17.1. The topological polar surface area (TPSA) is 77.0 Å². The van der Waals surface area contributed by atoms with Gasteiger partial charge < -0.3 is 9.47 Å². The SMILES string of the molecule is CSCCOC(=O)COc1ccc(/C=N/NC(=O)C(C)SCc2ccccc2)cc1. The molecule has 1 unspecified atom stereocenters. The van der Waals surface area contributed by atoms with E-state index in [4.69, 9.17) is 9.47 Å². The molecule has 8 heteroatoms. The molecule has 0 aliphatic rings. The molecule has 2 rings (SSSR count). The number of hydrogen-bond acceptors (Lipinski definition) is 7. The van der Waals surface area contributed by atoms with Gasteiger partial charge in [-0.15, -0.1) is 11.8 Å². The van der Waals surface area contributed by atoms with Crippen LogP contribution in [-0.4, -0.2) is 48.6 Å². The van der Waals surface area contributed by atoms with Crippen molar-refractivity contribution in [1.29, 1.82) is 0 Å². The number of carbonyl (C=O) groups excluding carboxylic acids is 2. The molecule has 2 aromatic carbocycles. The number of hydrazone groups is 1. The van der Waals surface area contributed by atoms with Crippen LogP contribution >= 0.6 is 23.5 Å². The van der Waals surface area contributed by atoms with Gasteiger partial charge >= 0.3 is 5.97 Å². The van der Waals surface area contributed by atoms with Crippen LogP contribution in [0.4, 0.5) is 0 Å². The average molecular weight is 447 g/mol. The first-order valence-electron chi connectivity index (χ1n) is 9.44. The van der Waals surface area contributed by atoms with Crippen molar-refractivity contribution in [3.8, 4) is 5.75 Å². The summed E-state index contributed by atoms with van der Waals surface area (Å²) in [7, 11) is 0. The third-order valence-electron chi connectivity index (χ3n) is 3.89. The number of hydrogen-bond donors (Lipinski definition) is 1. The van der Waals surface area contributed by atoms with Crippen molar-refractivity contribution >= 4 is 41.6 Å². The van der Waals surface area contributed by atoms with Gasteiger partial charge in [-0.05, 0) is 48.6 Å². The summed E-state index contributed by atoms with van der Waals surface area (Å²) in [6.45, 7) is 2.11. The minimum atomic E-state index is -0.392. The number of ether oxygens (including phenoxy) is 2. The zero-order valence-electron chi connectivity index (χ0n) is 17.1. The van der Waals surface area contributed by atoms with Crippen molar-refractivity contribution in [3.63, 3.8) is 0 Å². The van der Waals surface area contributed by atoms with Crippen LogP contribution in [0.1, 0.15) is 18.1 Å². The highest BCUT2D eigenvalue weighted by Gasteiger charge is 2.12. The molecule has 0 aliphatic heterocycles. The van der Waals surface area contributed by atoms with E-state index in [0.717, 1.165) is 17.1 Å². The van der Waals surface area contributed by atoms with Gasteiger partial charge in [-0.3, -0.25) is 4.79 Å². The third-order valence-corrected chi connectivity index (χ3v) is 5.68. The Hall–Kier alpha value is -2.45. The molecule has 0 fully saturated rings. The summed E-state index contributed by atoms with van der Waals surface area (Å²) in [4.78, 5) is 23.7. The predicted molar refractivity (Wildman–Crippen MR) is 124 cm³/mol. The molecule has 2 aromatic rings. The molecule has 30 heavy (non-hydrogen) atoms. The highest BCUT2D eigenvalue weighted by Crippen LogP contribution is 2.17. The second-order valence-electron chi connectivity index (χ2n) is 6.24. The van der Waals surface area contributed by atoms with Crippen LogP contribution in [0.3, 0.4) is 0 Å². The predicted octanol–water partition coefficient (Wildman–Crippen LogP) is 3.74. The maximum absolute atomic E-state index is 12.1. The van der Waals surface area contributed by atoms with Gasteiger partial charge in [0.15, 0.2) is 6.61 Å². The number of nitrogens with one attached hydrogen (secondary N) is 1. The number of rotatable bonds is 12. The van der Waals surface area contributed by atoms with Crippen LogP contribution < -0.4 is 10.2 Å². The van der Waals surface area contributed by atoms with Gasteiger partial charge in [0.2, 0.25) is 0 Å². The minimum Gasteiger partial charge on any atom is -0.482 e. The second-order valence-corrected chi connectivity index (χ2v) is 8.56. The Kier molecular flexibility index (Phi) is 10.9. The first kappa shape index (κ1) is 23.8. The second kappa shape index (κ2) is 13.7. The number of carbonyl (C=O) groups is 2. The smallest absolute Gasteiger partial charge is 0.344 e. The molecule has 0 spiro atoms. The molecule has 0 saturated heterocycles. The monoisotopic (exact) mass is 446 g/mol. The highest BCUT2D eigenvalue weighted by molar-refractivity contribution is 7.99. The Balaban J connectivity index is 1.70. The summed E-state index contributed by atoms with van der Waals surface area (Å²) >= 11 is 3.17. The van der Waals surface area contributed by atoms with Gasteiger partial charge in [0.25, 0.3) is 5.91 Å². The first-order valence-corrected chi connectivity index (χ1v) is 11.9.